The van der Waals surface area contributed by atoms with Gasteiger partial charge in [-0.1, -0.05) is 72.6 Å². The monoisotopic (exact) mass is 476 g/mol. The Hall–Kier alpha value is -0.930. The van der Waals surface area contributed by atoms with Crippen molar-refractivity contribution in [3.05, 3.63) is 63.1 Å². The van der Waals surface area contributed by atoms with Crippen LogP contribution in [0.5, 0.6) is 0 Å². The predicted octanol–water partition coefficient (Wildman–Crippen LogP) is 7.87. The Morgan fingerprint density at radius 2 is 1.48 bits per heavy atom. The molecule has 2 aromatic rings. The summed E-state index contributed by atoms with van der Waals surface area (Å²) >= 11 is 19.0. The molecule has 5 rings (SSSR count). The fourth-order valence-corrected chi connectivity index (χ4v) is 6.93. The van der Waals surface area contributed by atoms with Crippen LogP contribution < -0.4 is 4.90 Å². The van der Waals surface area contributed by atoms with Gasteiger partial charge in [0.1, 0.15) is 0 Å². The molecule has 5 heteroatoms. The zero-order chi connectivity index (χ0) is 21.4. The van der Waals surface area contributed by atoms with E-state index >= 15 is 0 Å². The Labute approximate surface area is 201 Å². The van der Waals surface area contributed by atoms with Gasteiger partial charge in [0.2, 0.25) is 0 Å². The number of hydrogen-bond donors (Lipinski definition) is 0. The van der Waals surface area contributed by atoms with Crippen LogP contribution in [-0.4, -0.2) is 30.6 Å². The summed E-state index contributed by atoms with van der Waals surface area (Å²) in [6.45, 7) is 3.09. The molecule has 1 heterocycles. The summed E-state index contributed by atoms with van der Waals surface area (Å²) in [5.41, 5.74) is 2.37. The minimum Gasteiger partial charge on any atom is -0.361 e. The van der Waals surface area contributed by atoms with Gasteiger partial charge in [-0.2, -0.15) is 0 Å². The number of nitrogens with zero attached hydrogens (tertiary/aromatic N) is 2. The number of anilines is 1. The molecule has 0 radical (unpaired) electrons. The molecule has 0 aromatic heterocycles. The molecule has 0 N–H and O–H groups in total. The first-order valence-corrected chi connectivity index (χ1v) is 12.9. The van der Waals surface area contributed by atoms with Gasteiger partial charge in [-0.3, -0.25) is 4.90 Å². The highest BCUT2D eigenvalue weighted by atomic mass is 35.5. The fourth-order valence-electron chi connectivity index (χ4n) is 6.29. The Morgan fingerprint density at radius 3 is 2.26 bits per heavy atom. The van der Waals surface area contributed by atoms with Crippen LogP contribution in [0.2, 0.25) is 15.1 Å². The second kappa shape index (κ2) is 9.51. The Bertz CT molecular complexity index is 900. The molecule has 31 heavy (non-hydrogen) atoms. The van der Waals surface area contributed by atoms with Crippen molar-refractivity contribution in [1.82, 2.24) is 4.90 Å². The zero-order valence-corrected chi connectivity index (χ0v) is 20.2. The first kappa shape index (κ1) is 21.9. The van der Waals surface area contributed by atoms with Crippen molar-refractivity contribution in [2.45, 2.75) is 57.0 Å². The second-order valence-electron chi connectivity index (χ2n) is 9.62. The van der Waals surface area contributed by atoms with Gasteiger partial charge < -0.3 is 4.90 Å². The van der Waals surface area contributed by atoms with E-state index in [-0.39, 0.29) is 6.04 Å². The molecular weight excluding hydrogens is 447 g/mol. The number of hydrogen-bond acceptors (Lipinski definition) is 2. The molecule has 166 valence electrons. The lowest BCUT2D eigenvalue weighted by Gasteiger charge is -2.49. The SMILES string of the molecule is Clc1ccc(C2CN(C3CCC4CCCCC4C3)CCN2c2ccc(Cl)cc2Cl)cc1. The van der Waals surface area contributed by atoms with Gasteiger partial charge in [0, 0.05) is 35.7 Å². The largest absolute Gasteiger partial charge is 0.361 e. The molecule has 4 atom stereocenters. The molecule has 3 aliphatic rings. The van der Waals surface area contributed by atoms with E-state index < -0.39 is 0 Å². The van der Waals surface area contributed by atoms with Crippen molar-refractivity contribution in [3.63, 3.8) is 0 Å². The lowest BCUT2D eigenvalue weighted by molar-refractivity contribution is 0.0620. The molecule has 0 bridgehead atoms. The lowest BCUT2D eigenvalue weighted by atomic mass is 9.69. The van der Waals surface area contributed by atoms with E-state index in [2.05, 4.69) is 28.0 Å². The average molecular weight is 478 g/mol. The summed E-state index contributed by atoms with van der Waals surface area (Å²) in [5, 5.41) is 2.19. The quantitative estimate of drug-likeness (QED) is 0.444. The molecular formula is C26H31Cl3N2. The van der Waals surface area contributed by atoms with Gasteiger partial charge in [-0.15, -0.1) is 0 Å². The minimum atomic E-state index is 0.258. The third-order valence-corrected chi connectivity index (χ3v) is 8.70. The Kier molecular flexibility index (Phi) is 6.72. The van der Waals surface area contributed by atoms with Crippen molar-refractivity contribution in [3.8, 4) is 0 Å². The van der Waals surface area contributed by atoms with Crippen molar-refractivity contribution >= 4 is 40.5 Å². The molecule has 2 nitrogen and oxygen atoms in total. The van der Waals surface area contributed by atoms with Gasteiger partial charge in [0.25, 0.3) is 0 Å². The standard InChI is InChI=1S/C26H31Cl3N2/c27-21-8-5-19(6-9-21)26-17-30(23-11-7-18-3-1-2-4-20(18)15-23)13-14-31(26)25-12-10-22(28)16-24(25)29/h5-6,8-10,12,16,18,20,23,26H,1-4,7,11,13-15,17H2. The average Bonchev–Trinajstić information content (AvgIpc) is 2.79. The third-order valence-electron chi connectivity index (χ3n) is 7.91. The first-order valence-electron chi connectivity index (χ1n) is 11.8. The number of benzene rings is 2. The maximum absolute atomic E-state index is 6.64. The third kappa shape index (κ3) is 4.74. The van der Waals surface area contributed by atoms with E-state index in [0.717, 1.165) is 53.2 Å². The summed E-state index contributed by atoms with van der Waals surface area (Å²) in [6.07, 6.45) is 9.96. The van der Waals surface area contributed by atoms with Gasteiger partial charge in [-0.05, 0) is 67.0 Å². The van der Waals surface area contributed by atoms with Crippen molar-refractivity contribution in [2.75, 3.05) is 24.5 Å². The minimum absolute atomic E-state index is 0.258. The maximum Gasteiger partial charge on any atom is 0.0670 e. The van der Waals surface area contributed by atoms with Crippen molar-refractivity contribution < 1.29 is 0 Å². The van der Waals surface area contributed by atoms with Gasteiger partial charge in [-0.25, -0.2) is 0 Å². The topological polar surface area (TPSA) is 6.48 Å². The molecule has 0 spiro atoms. The van der Waals surface area contributed by atoms with E-state index in [1.54, 1.807) is 0 Å². The van der Waals surface area contributed by atoms with Crippen molar-refractivity contribution in [1.29, 1.82) is 0 Å². The van der Waals surface area contributed by atoms with Gasteiger partial charge in [0.15, 0.2) is 0 Å². The van der Waals surface area contributed by atoms with E-state index in [1.165, 1.54) is 50.5 Å². The molecule has 1 saturated heterocycles. The smallest absolute Gasteiger partial charge is 0.0670 e. The summed E-state index contributed by atoms with van der Waals surface area (Å²) in [6, 6.07) is 15.2. The van der Waals surface area contributed by atoms with Gasteiger partial charge in [0.05, 0.1) is 16.8 Å². The summed E-state index contributed by atoms with van der Waals surface area (Å²) in [7, 11) is 0. The first-order chi connectivity index (χ1) is 15.1. The molecule has 2 aliphatic carbocycles. The molecule has 4 unspecified atom stereocenters. The van der Waals surface area contributed by atoms with Crippen LogP contribution >= 0.6 is 34.8 Å². The number of fused-ring (bicyclic) bond motifs is 1. The van der Waals surface area contributed by atoms with Crippen LogP contribution in [0, 0.1) is 11.8 Å². The van der Waals surface area contributed by atoms with E-state index in [4.69, 9.17) is 34.8 Å². The highest BCUT2D eigenvalue weighted by Crippen LogP contribution is 2.43. The zero-order valence-electron chi connectivity index (χ0n) is 18.0. The van der Waals surface area contributed by atoms with Gasteiger partial charge >= 0.3 is 0 Å². The van der Waals surface area contributed by atoms with Crippen molar-refractivity contribution in [2.24, 2.45) is 11.8 Å². The highest BCUT2D eigenvalue weighted by molar-refractivity contribution is 6.36. The van der Waals surface area contributed by atoms with Crippen LogP contribution in [0.25, 0.3) is 0 Å². The fraction of sp³-hybridized carbons (Fsp3) is 0.538. The number of piperazine rings is 1. The van der Waals surface area contributed by atoms with Crippen LogP contribution in [-0.2, 0) is 0 Å². The highest BCUT2D eigenvalue weighted by Gasteiger charge is 2.38. The molecule has 2 saturated carbocycles. The molecule has 3 fully saturated rings. The van der Waals surface area contributed by atoms with Crippen LogP contribution in [0.4, 0.5) is 5.69 Å². The van der Waals surface area contributed by atoms with E-state index in [0.29, 0.717) is 5.02 Å². The Balaban J connectivity index is 1.39. The van der Waals surface area contributed by atoms with E-state index in [1.807, 2.05) is 24.3 Å². The molecule has 0 amide bonds. The summed E-state index contributed by atoms with van der Waals surface area (Å²) < 4.78 is 0. The summed E-state index contributed by atoms with van der Waals surface area (Å²) in [4.78, 5) is 5.23. The number of halogens is 3. The van der Waals surface area contributed by atoms with E-state index in [9.17, 15) is 0 Å². The van der Waals surface area contributed by atoms with Crippen LogP contribution in [0.15, 0.2) is 42.5 Å². The van der Waals surface area contributed by atoms with Crippen LogP contribution in [0.3, 0.4) is 0 Å². The second-order valence-corrected chi connectivity index (χ2v) is 10.9. The normalized spacial score (nSPS) is 29.6. The lowest BCUT2D eigenvalue weighted by Crippen LogP contribution is -2.53. The number of rotatable bonds is 3. The predicted molar refractivity (Wildman–Crippen MR) is 133 cm³/mol. The Morgan fingerprint density at radius 1 is 0.742 bits per heavy atom. The molecule has 2 aromatic carbocycles. The summed E-state index contributed by atoms with van der Waals surface area (Å²) in [5.74, 6) is 1.94. The van der Waals surface area contributed by atoms with Crippen LogP contribution in [0.1, 0.15) is 56.6 Å². The maximum atomic E-state index is 6.64. The molecule has 1 aliphatic heterocycles.